The Morgan fingerprint density at radius 3 is 2.27 bits per heavy atom. The van der Waals surface area contributed by atoms with E-state index in [0.717, 1.165) is 40.9 Å². The van der Waals surface area contributed by atoms with Crippen molar-refractivity contribution in [1.29, 1.82) is 0 Å². The molecule has 4 fully saturated rings. The van der Waals surface area contributed by atoms with Crippen molar-refractivity contribution < 1.29 is 0 Å². The zero-order valence-corrected chi connectivity index (χ0v) is 15.5. The van der Waals surface area contributed by atoms with E-state index in [4.69, 9.17) is 0 Å². The van der Waals surface area contributed by atoms with Gasteiger partial charge in [-0.1, -0.05) is 40.5 Å². The van der Waals surface area contributed by atoms with Crippen LogP contribution in [0.4, 0.5) is 0 Å². The second-order valence-electron chi connectivity index (χ2n) is 10.4. The predicted octanol–water partition coefficient (Wildman–Crippen LogP) is 6.69. The van der Waals surface area contributed by atoms with Crippen LogP contribution in [0, 0.1) is 46.3 Å². The Kier molecular flexibility index (Phi) is 3.70. The van der Waals surface area contributed by atoms with E-state index in [-0.39, 0.29) is 0 Å². The average Bonchev–Trinajstić information content (AvgIpc) is 2.84. The third kappa shape index (κ3) is 2.01. The third-order valence-corrected chi connectivity index (χ3v) is 9.46. The maximum atomic E-state index is 2.71. The topological polar surface area (TPSA) is 0 Å². The van der Waals surface area contributed by atoms with Crippen molar-refractivity contribution >= 4 is 0 Å². The fourth-order valence-corrected chi connectivity index (χ4v) is 8.43. The van der Waals surface area contributed by atoms with Crippen LogP contribution in [-0.2, 0) is 0 Å². The Hall–Kier alpha value is 0. The lowest BCUT2D eigenvalue weighted by molar-refractivity contribution is -0.113. The van der Waals surface area contributed by atoms with Crippen LogP contribution in [0.5, 0.6) is 0 Å². The molecule has 0 aromatic heterocycles. The first-order chi connectivity index (χ1) is 10.5. The van der Waals surface area contributed by atoms with Crippen LogP contribution in [0.2, 0.25) is 0 Å². The van der Waals surface area contributed by atoms with Gasteiger partial charge in [0.2, 0.25) is 0 Å². The van der Waals surface area contributed by atoms with E-state index in [9.17, 15) is 0 Å². The molecule has 0 saturated heterocycles. The van der Waals surface area contributed by atoms with Crippen molar-refractivity contribution in [1.82, 2.24) is 0 Å². The summed E-state index contributed by atoms with van der Waals surface area (Å²) in [6, 6.07) is 0. The van der Waals surface area contributed by atoms with Crippen LogP contribution in [-0.4, -0.2) is 0 Å². The highest BCUT2D eigenvalue weighted by Crippen LogP contribution is 2.68. The molecular weight excluding hydrogens is 264 g/mol. The van der Waals surface area contributed by atoms with Gasteiger partial charge < -0.3 is 0 Å². The second-order valence-corrected chi connectivity index (χ2v) is 10.4. The Morgan fingerprint density at radius 1 is 0.727 bits per heavy atom. The largest absolute Gasteiger partial charge is 0.0625 e. The van der Waals surface area contributed by atoms with Crippen LogP contribution in [0.3, 0.4) is 0 Å². The number of hydrogen-bond donors (Lipinski definition) is 0. The van der Waals surface area contributed by atoms with Crippen LogP contribution < -0.4 is 0 Å². The van der Waals surface area contributed by atoms with E-state index in [2.05, 4.69) is 27.7 Å². The quantitative estimate of drug-likeness (QED) is 0.506. The van der Waals surface area contributed by atoms with Gasteiger partial charge in [-0.25, -0.2) is 0 Å². The number of hydrogen-bond acceptors (Lipinski definition) is 0. The molecule has 22 heavy (non-hydrogen) atoms. The molecule has 0 amide bonds. The standard InChI is InChI=1S/C22H38/c1-15(2)18-10-11-19-17-9-8-16-7-5-6-13-21(16,3)20(17)12-14-22(18,19)4/h15-20H,5-14H2,1-4H3/t16?,17?,18-,19?,20-,21-,22-/m1/s1. The van der Waals surface area contributed by atoms with E-state index in [1.807, 2.05) is 0 Å². The van der Waals surface area contributed by atoms with Crippen molar-refractivity contribution in [3.63, 3.8) is 0 Å². The van der Waals surface area contributed by atoms with Crippen LogP contribution in [0.1, 0.15) is 91.9 Å². The molecule has 0 N–H and O–H groups in total. The maximum Gasteiger partial charge on any atom is -0.0264 e. The first-order valence-electron chi connectivity index (χ1n) is 10.5. The molecule has 0 aliphatic heterocycles. The van der Waals surface area contributed by atoms with Gasteiger partial charge in [-0.2, -0.15) is 0 Å². The maximum absolute atomic E-state index is 2.71. The van der Waals surface area contributed by atoms with Crippen molar-refractivity contribution in [3.05, 3.63) is 0 Å². The van der Waals surface area contributed by atoms with Crippen LogP contribution >= 0.6 is 0 Å². The molecule has 0 radical (unpaired) electrons. The van der Waals surface area contributed by atoms with Gasteiger partial charge in [0.05, 0.1) is 0 Å². The summed E-state index contributed by atoms with van der Waals surface area (Å²) in [5.41, 5.74) is 1.41. The summed E-state index contributed by atoms with van der Waals surface area (Å²) in [5.74, 6) is 6.22. The molecule has 0 heterocycles. The highest BCUT2D eigenvalue weighted by molar-refractivity contribution is 5.08. The lowest BCUT2D eigenvalue weighted by atomic mass is 9.44. The minimum absolute atomic E-state index is 0.688. The van der Waals surface area contributed by atoms with E-state index < -0.39 is 0 Å². The van der Waals surface area contributed by atoms with Crippen molar-refractivity contribution in [3.8, 4) is 0 Å². The minimum atomic E-state index is 0.688. The molecule has 4 saturated carbocycles. The smallest absolute Gasteiger partial charge is 0.0264 e. The van der Waals surface area contributed by atoms with Crippen molar-refractivity contribution in [2.24, 2.45) is 46.3 Å². The van der Waals surface area contributed by atoms with E-state index in [1.165, 1.54) is 19.3 Å². The Bertz CT molecular complexity index is 424. The second kappa shape index (κ2) is 5.25. The van der Waals surface area contributed by atoms with Gasteiger partial charge in [-0.3, -0.25) is 0 Å². The molecule has 7 atom stereocenters. The first-order valence-corrected chi connectivity index (χ1v) is 10.5. The molecule has 126 valence electrons. The molecule has 0 spiro atoms. The zero-order chi connectivity index (χ0) is 15.5. The third-order valence-electron chi connectivity index (χ3n) is 9.46. The predicted molar refractivity (Wildman–Crippen MR) is 94.7 cm³/mol. The fraction of sp³-hybridized carbons (Fsp3) is 1.00. The van der Waals surface area contributed by atoms with Gasteiger partial charge >= 0.3 is 0 Å². The highest BCUT2D eigenvalue weighted by Gasteiger charge is 2.59. The van der Waals surface area contributed by atoms with E-state index >= 15 is 0 Å². The Labute approximate surface area is 138 Å². The zero-order valence-electron chi connectivity index (χ0n) is 15.5. The summed E-state index contributed by atoms with van der Waals surface area (Å²) >= 11 is 0. The lowest BCUT2D eigenvalue weighted by Crippen LogP contribution is -2.53. The van der Waals surface area contributed by atoms with Gasteiger partial charge in [-0.05, 0) is 97.7 Å². The van der Waals surface area contributed by atoms with Gasteiger partial charge in [0.25, 0.3) is 0 Å². The molecule has 0 aromatic rings. The number of fused-ring (bicyclic) bond motifs is 5. The van der Waals surface area contributed by atoms with Gasteiger partial charge in [0.15, 0.2) is 0 Å². The summed E-state index contributed by atoms with van der Waals surface area (Å²) < 4.78 is 0. The molecule has 4 aliphatic rings. The molecule has 0 aromatic carbocycles. The summed E-state index contributed by atoms with van der Waals surface area (Å²) in [7, 11) is 0. The van der Waals surface area contributed by atoms with Crippen LogP contribution in [0.25, 0.3) is 0 Å². The van der Waals surface area contributed by atoms with Gasteiger partial charge in [-0.15, -0.1) is 0 Å². The lowest BCUT2D eigenvalue weighted by Gasteiger charge is -2.60. The van der Waals surface area contributed by atoms with Crippen LogP contribution in [0.15, 0.2) is 0 Å². The summed E-state index contributed by atoms with van der Waals surface area (Å²) in [6.07, 6.45) is 15.5. The van der Waals surface area contributed by atoms with Crippen molar-refractivity contribution in [2.45, 2.75) is 91.9 Å². The van der Waals surface area contributed by atoms with E-state index in [1.54, 1.807) is 44.9 Å². The molecule has 3 unspecified atom stereocenters. The fourth-order valence-electron chi connectivity index (χ4n) is 8.43. The molecule has 0 heteroatoms. The summed E-state index contributed by atoms with van der Waals surface area (Å²) in [6.45, 7) is 10.4. The van der Waals surface area contributed by atoms with Gasteiger partial charge in [0.1, 0.15) is 0 Å². The van der Waals surface area contributed by atoms with Gasteiger partial charge in [0, 0.05) is 0 Å². The highest BCUT2D eigenvalue weighted by atomic mass is 14.6. The Balaban J connectivity index is 1.62. The minimum Gasteiger partial charge on any atom is -0.0625 e. The van der Waals surface area contributed by atoms with Crippen molar-refractivity contribution in [2.75, 3.05) is 0 Å². The molecular formula is C22H38. The van der Waals surface area contributed by atoms with E-state index in [0.29, 0.717) is 5.41 Å². The molecule has 4 aliphatic carbocycles. The summed E-state index contributed by atoms with van der Waals surface area (Å²) in [4.78, 5) is 0. The molecule has 4 rings (SSSR count). The first kappa shape index (κ1) is 15.5. The number of rotatable bonds is 1. The molecule has 0 bridgehead atoms. The monoisotopic (exact) mass is 302 g/mol. The summed E-state index contributed by atoms with van der Waals surface area (Å²) in [5, 5.41) is 0. The molecule has 0 nitrogen and oxygen atoms in total. The average molecular weight is 303 g/mol. The Morgan fingerprint density at radius 2 is 1.50 bits per heavy atom. The normalized spacial score (nSPS) is 54.7. The SMILES string of the molecule is CC(C)[C@H]1CCC2C3CCC4CCCC[C@@]4(C)[C@@H]3CC[C@@]21C.